The van der Waals surface area contributed by atoms with Gasteiger partial charge in [-0.3, -0.25) is 4.79 Å². The Kier molecular flexibility index (Phi) is 4.08. The Balaban J connectivity index is 1.90. The van der Waals surface area contributed by atoms with E-state index in [0.717, 1.165) is 22.0 Å². The van der Waals surface area contributed by atoms with Crippen LogP contribution in [0.25, 0.3) is 0 Å². The number of aryl methyl sites for hydroxylation is 2. The van der Waals surface area contributed by atoms with Gasteiger partial charge in [0.2, 0.25) is 0 Å². The van der Waals surface area contributed by atoms with E-state index in [9.17, 15) is 9.59 Å². The monoisotopic (exact) mass is 340 g/mol. The predicted molar refractivity (Wildman–Crippen MR) is 93.6 cm³/mol. The topological polar surface area (TPSA) is 86.8 Å². The maximum Gasteiger partial charge on any atom is 0.346 e. The number of nitrogens with one attached hydrogen (secondary N) is 2. The summed E-state index contributed by atoms with van der Waals surface area (Å²) in [5, 5.41) is 7.67. The Bertz CT molecular complexity index is 871. The SMILES string of the molecule is COc1cccc([C@]2(C)NC(=O)N(/N=C/c3cc(C)[nH]c3C)C2=O)c1. The van der Waals surface area contributed by atoms with Crippen LogP contribution in [-0.4, -0.2) is 35.3 Å². The second kappa shape index (κ2) is 6.08. The van der Waals surface area contributed by atoms with Crippen molar-refractivity contribution < 1.29 is 14.3 Å². The van der Waals surface area contributed by atoms with Crippen molar-refractivity contribution in [1.82, 2.24) is 15.3 Å². The number of rotatable bonds is 4. The quantitative estimate of drug-likeness (QED) is 0.662. The molecule has 0 spiro atoms. The molecule has 7 heteroatoms. The zero-order chi connectivity index (χ0) is 18.2. The fraction of sp³-hybridized carbons (Fsp3) is 0.278. The van der Waals surface area contributed by atoms with Gasteiger partial charge < -0.3 is 15.0 Å². The Morgan fingerprint density at radius 1 is 1.24 bits per heavy atom. The number of carbonyl (C=O) groups is 2. The number of hydrazone groups is 1. The number of methoxy groups -OCH3 is 1. The Morgan fingerprint density at radius 2 is 2.00 bits per heavy atom. The first-order valence-corrected chi connectivity index (χ1v) is 7.86. The second-order valence-electron chi connectivity index (χ2n) is 6.18. The lowest BCUT2D eigenvalue weighted by molar-refractivity contribution is -0.131. The standard InChI is InChI=1S/C18H20N4O3/c1-11-8-13(12(2)20-11)10-19-22-16(23)18(3,21-17(22)24)14-6-5-7-15(9-14)25-4/h5-10,20H,1-4H3,(H,21,24)/b19-10+/t18-/m0/s1. The molecule has 0 unspecified atom stereocenters. The van der Waals surface area contributed by atoms with Gasteiger partial charge in [-0.2, -0.15) is 5.10 Å². The molecule has 2 N–H and O–H groups in total. The van der Waals surface area contributed by atoms with Crippen LogP contribution in [0.5, 0.6) is 5.75 Å². The van der Waals surface area contributed by atoms with Crippen LogP contribution in [0.3, 0.4) is 0 Å². The van der Waals surface area contributed by atoms with Gasteiger partial charge in [0.25, 0.3) is 5.91 Å². The molecular weight excluding hydrogens is 320 g/mol. The van der Waals surface area contributed by atoms with Gasteiger partial charge in [-0.05, 0) is 44.5 Å². The summed E-state index contributed by atoms with van der Waals surface area (Å²) in [4.78, 5) is 28.3. The number of carbonyl (C=O) groups excluding carboxylic acids is 2. The lowest BCUT2D eigenvalue weighted by Gasteiger charge is -2.21. The van der Waals surface area contributed by atoms with Crippen LogP contribution in [0.15, 0.2) is 35.4 Å². The van der Waals surface area contributed by atoms with Crippen LogP contribution in [0.4, 0.5) is 4.79 Å². The normalized spacial score (nSPS) is 20.4. The molecule has 1 atom stereocenters. The molecule has 130 valence electrons. The minimum atomic E-state index is -1.19. The number of aromatic amines is 1. The number of H-pyrrole nitrogens is 1. The lowest BCUT2D eigenvalue weighted by Crippen LogP contribution is -2.40. The summed E-state index contributed by atoms with van der Waals surface area (Å²) < 4.78 is 5.20. The van der Waals surface area contributed by atoms with E-state index in [1.807, 2.05) is 19.9 Å². The number of hydrogen-bond acceptors (Lipinski definition) is 4. The summed E-state index contributed by atoms with van der Waals surface area (Å²) in [7, 11) is 1.55. The van der Waals surface area contributed by atoms with Crippen LogP contribution in [0.1, 0.15) is 29.4 Å². The Labute approximate surface area is 145 Å². The molecule has 2 heterocycles. The lowest BCUT2D eigenvalue weighted by atomic mass is 9.92. The molecular formula is C18H20N4O3. The molecule has 1 aromatic carbocycles. The maximum absolute atomic E-state index is 12.8. The highest BCUT2D eigenvalue weighted by Crippen LogP contribution is 2.31. The van der Waals surface area contributed by atoms with E-state index in [2.05, 4.69) is 15.4 Å². The van der Waals surface area contributed by atoms with Gasteiger partial charge in [0.1, 0.15) is 11.3 Å². The van der Waals surface area contributed by atoms with Crippen molar-refractivity contribution in [3.63, 3.8) is 0 Å². The van der Waals surface area contributed by atoms with E-state index in [0.29, 0.717) is 11.3 Å². The summed E-state index contributed by atoms with van der Waals surface area (Å²) in [5.74, 6) is 0.174. The number of hydrogen-bond donors (Lipinski definition) is 2. The third-order valence-electron chi connectivity index (χ3n) is 4.32. The van der Waals surface area contributed by atoms with Crippen LogP contribution in [-0.2, 0) is 10.3 Å². The van der Waals surface area contributed by atoms with E-state index >= 15 is 0 Å². The van der Waals surface area contributed by atoms with Crippen LogP contribution in [0, 0.1) is 13.8 Å². The first-order chi connectivity index (χ1) is 11.8. The maximum atomic E-state index is 12.8. The highest BCUT2D eigenvalue weighted by molar-refractivity contribution is 6.07. The summed E-state index contributed by atoms with van der Waals surface area (Å²) in [6.07, 6.45) is 1.51. The number of benzene rings is 1. The van der Waals surface area contributed by atoms with E-state index in [1.54, 1.807) is 38.3 Å². The van der Waals surface area contributed by atoms with Gasteiger partial charge in [-0.1, -0.05) is 12.1 Å². The van der Waals surface area contributed by atoms with Gasteiger partial charge >= 0.3 is 6.03 Å². The number of urea groups is 1. The zero-order valence-electron chi connectivity index (χ0n) is 14.6. The molecule has 0 saturated carbocycles. The second-order valence-corrected chi connectivity index (χ2v) is 6.18. The van der Waals surface area contributed by atoms with Crippen molar-refractivity contribution in [2.75, 3.05) is 7.11 Å². The van der Waals surface area contributed by atoms with Crippen molar-refractivity contribution >= 4 is 18.2 Å². The third kappa shape index (κ3) is 2.88. The minimum absolute atomic E-state index is 0.438. The molecule has 1 aliphatic heterocycles. The summed E-state index contributed by atoms with van der Waals surface area (Å²) >= 11 is 0. The first kappa shape index (κ1) is 16.8. The van der Waals surface area contributed by atoms with E-state index in [1.165, 1.54) is 6.21 Å². The smallest absolute Gasteiger partial charge is 0.346 e. The first-order valence-electron chi connectivity index (χ1n) is 7.86. The van der Waals surface area contributed by atoms with Crippen LogP contribution >= 0.6 is 0 Å². The van der Waals surface area contributed by atoms with Crippen LogP contribution < -0.4 is 10.1 Å². The molecule has 3 amide bonds. The Hall–Kier alpha value is -3.09. The van der Waals surface area contributed by atoms with E-state index in [4.69, 9.17) is 4.74 Å². The minimum Gasteiger partial charge on any atom is -0.497 e. The van der Waals surface area contributed by atoms with Crippen molar-refractivity contribution in [3.8, 4) is 5.75 Å². The fourth-order valence-corrected chi connectivity index (χ4v) is 2.86. The van der Waals surface area contributed by atoms with Gasteiger partial charge in [-0.15, -0.1) is 5.01 Å². The highest BCUT2D eigenvalue weighted by atomic mass is 16.5. The number of amides is 3. The summed E-state index contributed by atoms with van der Waals surface area (Å²) in [6, 6.07) is 8.39. The fourth-order valence-electron chi connectivity index (χ4n) is 2.86. The molecule has 7 nitrogen and oxygen atoms in total. The number of nitrogens with zero attached hydrogens (tertiary/aromatic N) is 2. The van der Waals surface area contributed by atoms with E-state index in [-0.39, 0.29) is 0 Å². The van der Waals surface area contributed by atoms with Gasteiger partial charge in [0.05, 0.1) is 13.3 Å². The van der Waals surface area contributed by atoms with Crippen molar-refractivity contribution in [3.05, 3.63) is 52.8 Å². The highest BCUT2D eigenvalue weighted by Gasteiger charge is 2.49. The molecule has 3 rings (SSSR count). The molecule has 0 aliphatic carbocycles. The molecule has 25 heavy (non-hydrogen) atoms. The predicted octanol–water partition coefficient (Wildman–Crippen LogP) is 2.44. The van der Waals surface area contributed by atoms with Crippen molar-refractivity contribution in [2.45, 2.75) is 26.3 Å². The average Bonchev–Trinajstić information content (AvgIpc) is 3.02. The van der Waals surface area contributed by atoms with Gasteiger partial charge in [-0.25, -0.2) is 4.79 Å². The zero-order valence-corrected chi connectivity index (χ0v) is 14.6. The third-order valence-corrected chi connectivity index (χ3v) is 4.32. The molecule has 1 aliphatic rings. The Morgan fingerprint density at radius 3 is 2.64 bits per heavy atom. The van der Waals surface area contributed by atoms with Crippen molar-refractivity contribution in [1.29, 1.82) is 0 Å². The van der Waals surface area contributed by atoms with Gasteiger partial charge in [0.15, 0.2) is 0 Å². The molecule has 0 bridgehead atoms. The van der Waals surface area contributed by atoms with Gasteiger partial charge in [0, 0.05) is 17.0 Å². The largest absolute Gasteiger partial charge is 0.497 e. The summed E-state index contributed by atoms with van der Waals surface area (Å²) in [6.45, 7) is 5.49. The average molecular weight is 340 g/mol. The number of ether oxygens (including phenoxy) is 1. The molecule has 1 fully saturated rings. The van der Waals surface area contributed by atoms with E-state index < -0.39 is 17.5 Å². The van der Waals surface area contributed by atoms with Crippen LogP contribution in [0.2, 0.25) is 0 Å². The van der Waals surface area contributed by atoms with Crippen molar-refractivity contribution in [2.24, 2.45) is 5.10 Å². The number of aromatic nitrogens is 1. The molecule has 1 saturated heterocycles. The molecule has 1 aromatic heterocycles. The molecule has 0 radical (unpaired) electrons. The summed E-state index contributed by atoms with van der Waals surface area (Å²) in [5.41, 5.74) is 2.18. The molecule has 2 aromatic rings. The number of imide groups is 1.